The number of aromatic nitrogens is 2. The van der Waals surface area contributed by atoms with Gasteiger partial charge in [0.1, 0.15) is 5.82 Å². The molecule has 0 saturated carbocycles. The van der Waals surface area contributed by atoms with Crippen LogP contribution in [0.2, 0.25) is 0 Å². The van der Waals surface area contributed by atoms with E-state index in [4.69, 9.17) is 5.11 Å². The van der Waals surface area contributed by atoms with Crippen molar-refractivity contribution in [2.24, 2.45) is 5.92 Å². The van der Waals surface area contributed by atoms with Gasteiger partial charge in [0.15, 0.2) is 0 Å². The number of nitrogens with zero attached hydrogens (tertiary/aromatic N) is 3. The van der Waals surface area contributed by atoms with Crippen LogP contribution in [0.1, 0.15) is 31.5 Å². The molecule has 1 aromatic rings. The van der Waals surface area contributed by atoms with Crippen LogP contribution in [-0.2, 0) is 4.79 Å². The number of piperidine rings is 1. The fourth-order valence-electron chi connectivity index (χ4n) is 2.16. The second kappa shape index (κ2) is 5.44. The molecule has 1 aromatic heterocycles. The maximum absolute atomic E-state index is 10.5. The molecule has 1 N–H and O–H groups in total. The Kier molecular flexibility index (Phi) is 3.93. The zero-order chi connectivity index (χ0) is 12.3. The second-order valence-corrected chi connectivity index (χ2v) is 5.22. The Balaban J connectivity index is 1.80. The van der Waals surface area contributed by atoms with Gasteiger partial charge in [-0.15, -0.1) is 0 Å². The minimum Gasteiger partial charge on any atom is -0.481 e. The number of rotatable bonds is 4. The van der Waals surface area contributed by atoms with Gasteiger partial charge in [0.05, 0.1) is 0 Å². The van der Waals surface area contributed by atoms with Crippen molar-refractivity contribution < 1.29 is 9.90 Å². The lowest BCUT2D eigenvalue weighted by molar-refractivity contribution is -0.137. The number of carbonyl (C=O) groups is 1. The molecular formula is C11H17N3O2S. The first-order valence-corrected chi connectivity index (χ1v) is 6.69. The molecule has 17 heavy (non-hydrogen) atoms. The van der Waals surface area contributed by atoms with E-state index < -0.39 is 5.97 Å². The van der Waals surface area contributed by atoms with Gasteiger partial charge in [-0.25, -0.2) is 4.98 Å². The van der Waals surface area contributed by atoms with Crippen molar-refractivity contribution in [1.29, 1.82) is 0 Å². The maximum Gasteiger partial charge on any atom is 0.303 e. The van der Waals surface area contributed by atoms with Crippen molar-refractivity contribution in [2.75, 3.05) is 18.0 Å². The molecule has 0 atom stereocenters. The first-order chi connectivity index (χ1) is 8.15. The number of anilines is 1. The Morgan fingerprint density at radius 3 is 2.76 bits per heavy atom. The average molecular weight is 255 g/mol. The summed E-state index contributed by atoms with van der Waals surface area (Å²) in [7, 11) is 0. The third-order valence-corrected chi connectivity index (χ3v) is 4.04. The molecule has 0 radical (unpaired) electrons. The predicted octanol–water partition coefficient (Wildman–Crippen LogP) is 1.93. The summed E-state index contributed by atoms with van der Waals surface area (Å²) in [5.41, 5.74) is 0. The van der Waals surface area contributed by atoms with E-state index in [9.17, 15) is 4.79 Å². The molecule has 1 aliphatic rings. The lowest BCUT2D eigenvalue weighted by atomic mass is 9.92. The highest BCUT2D eigenvalue weighted by atomic mass is 32.1. The molecule has 0 amide bonds. The largest absolute Gasteiger partial charge is 0.481 e. The third-order valence-electron chi connectivity index (χ3n) is 3.17. The number of hydrogen-bond acceptors (Lipinski definition) is 5. The standard InChI is InChI=1S/C11H17N3O2S/c1-8-12-11(17-13-8)14-6-4-9(5-7-14)2-3-10(15)16/h9H,2-7H2,1H3,(H,15,16). The van der Waals surface area contributed by atoms with Crippen LogP contribution in [0.5, 0.6) is 0 Å². The zero-order valence-electron chi connectivity index (χ0n) is 9.93. The number of carboxylic acid groups (broad SMARTS) is 1. The molecule has 5 nitrogen and oxygen atoms in total. The molecule has 0 unspecified atom stereocenters. The summed E-state index contributed by atoms with van der Waals surface area (Å²) in [5.74, 6) is 0.696. The average Bonchev–Trinajstić information content (AvgIpc) is 2.74. The molecule has 6 heteroatoms. The van der Waals surface area contributed by atoms with Crippen molar-refractivity contribution in [1.82, 2.24) is 9.36 Å². The monoisotopic (exact) mass is 255 g/mol. The highest BCUT2D eigenvalue weighted by Crippen LogP contribution is 2.26. The Morgan fingerprint density at radius 2 is 2.24 bits per heavy atom. The predicted molar refractivity (Wildman–Crippen MR) is 66.5 cm³/mol. The number of aryl methyl sites for hydroxylation is 1. The van der Waals surface area contributed by atoms with E-state index in [2.05, 4.69) is 14.3 Å². The molecule has 2 heterocycles. The molecule has 0 aliphatic carbocycles. The Labute approximate surface area is 105 Å². The topological polar surface area (TPSA) is 66.3 Å². The van der Waals surface area contributed by atoms with E-state index in [1.54, 1.807) is 0 Å². The molecule has 1 saturated heterocycles. The Bertz CT molecular complexity index is 386. The van der Waals surface area contributed by atoms with E-state index in [0.717, 1.165) is 43.3 Å². The fraction of sp³-hybridized carbons (Fsp3) is 0.727. The summed E-state index contributed by atoms with van der Waals surface area (Å²) in [6.45, 7) is 3.84. The molecule has 0 aromatic carbocycles. The van der Waals surface area contributed by atoms with Gasteiger partial charge < -0.3 is 10.0 Å². The molecule has 1 aliphatic heterocycles. The second-order valence-electron chi connectivity index (χ2n) is 4.49. The van der Waals surface area contributed by atoms with Gasteiger partial charge in [0.2, 0.25) is 5.13 Å². The van der Waals surface area contributed by atoms with Crippen molar-refractivity contribution in [3.63, 3.8) is 0 Å². The lowest BCUT2D eigenvalue weighted by Crippen LogP contribution is -2.33. The van der Waals surface area contributed by atoms with Crippen molar-refractivity contribution in [3.05, 3.63) is 5.82 Å². The zero-order valence-corrected chi connectivity index (χ0v) is 10.7. The molecule has 94 valence electrons. The van der Waals surface area contributed by atoms with Gasteiger partial charge in [-0.2, -0.15) is 4.37 Å². The summed E-state index contributed by atoms with van der Waals surface area (Å²) < 4.78 is 4.18. The molecule has 0 spiro atoms. The number of hydrogen-bond donors (Lipinski definition) is 1. The van der Waals surface area contributed by atoms with E-state index in [0.29, 0.717) is 12.3 Å². The van der Waals surface area contributed by atoms with Crippen molar-refractivity contribution in [3.8, 4) is 0 Å². The van der Waals surface area contributed by atoms with Gasteiger partial charge in [0, 0.05) is 31.0 Å². The first-order valence-electron chi connectivity index (χ1n) is 5.92. The fourth-order valence-corrected chi connectivity index (χ4v) is 2.88. The minimum absolute atomic E-state index is 0.294. The van der Waals surface area contributed by atoms with Crippen LogP contribution in [0.25, 0.3) is 0 Å². The van der Waals surface area contributed by atoms with Gasteiger partial charge in [0.25, 0.3) is 0 Å². The third kappa shape index (κ3) is 3.39. The summed E-state index contributed by atoms with van der Waals surface area (Å²) in [6.07, 6.45) is 3.22. The smallest absolute Gasteiger partial charge is 0.303 e. The summed E-state index contributed by atoms with van der Waals surface area (Å²) in [5, 5.41) is 9.65. The summed E-state index contributed by atoms with van der Waals surface area (Å²) in [6, 6.07) is 0. The van der Waals surface area contributed by atoms with E-state index in [-0.39, 0.29) is 0 Å². The highest BCUT2D eigenvalue weighted by molar-refractivity contribution is 7.09. The quantitative estimate of drug-likeness (QED) is 0.890. The number of aliphatic carboxylic acids is 1. The van der Waals surface area contributed by atoms with Crippen molar-refractivity contribution in [2.45, 2.75) is 32.6 Å². The van der Waals surface area contributed by atoms with Gasteiger partial charge in [-0.05, 0) is 32.1 Å². The minimum atomic E-state index is -0.688. The molecular weight excluding hydrogens is 238 g/mol. The Morgan fingerprint density at radius 1 is 1.53 bits per heavy atom. The summed E-state index contributed by atoms with van der Waals surface area (Å²) in [4.78, 5) is 17.1. The molecule has 1 fully saturated rings. The van der Waals surface area contributed by atoms with Crippen molar-refractivity contribution >= 4 is 22.6 Å². The van der Waals surface area contributed by atoms with Gasteiger partial charge in [-0.1, -0.05) is 0 Å². The van der Waals surface area contributed by atoms with Crippen LogP contribution in [0.4, 0.5) is 5.13 Å². The van der Waals surface area contributed by atoms with Crippen LogP contribution in [-0.4, -0.2) is 33.5 Å². The first kappa shape index (κ1) is 12.3. The van der Waals surface area contributed by atoms with Crippen LogP contribution < -0.4 is 4.90 Å². The van der Waals surface area contributed by atoms with Gasteiger partial charge >= 0.3 is 5.97 Å². The SMILES string of the molecule is Cc1nsc(N2CCC(CCC(=O)O)CC2)n1. The van der Waals surface area contributed by atoms with Crippen LogP contribution in [0.3, 0.4) is 0 Å². The van der Waals surface area contributed by atoms with Crippen LogP contribution in [0.15, 0.2) is 0 Å². The van der Waals surface area contributed by atoms with E-state index in [1.807, 2.05) is 6.92 Å². The van der Waals surface area contributed by atoms with Crippen LogP contribution in [0, 0.1) is 12.8 Å². The van der Waals surface area contributed by atoms with E-state index in [1.165, 1.54) is 11.5 Å². The molecule has 0 bridgehead atoms. The van der Waals surface area contributed by atoms with Gasteiger partial charge in [-0.3, -0.25) is 4.79 Å². The lowest BCUT2D eigenvalue weighted by Gasteiger charge is -2.31. The van der Waals surface area contributed by atoms with E-state index >= 15 is 0 Å². The molecule has 2 rings (SSSR count). The normalized spacial score (nSPS) is 17.4. The van der Waals surface area contributed by atoms with Crippen LogP contribution >= 0.6 is 11.5 Å². The maximum atomic E-state index is 10.5. The highest BCUT2D eigenvalue weighted by Gasteiger charge is 2.21. The summed E-state index contributed by atoms with van der Waals surface area (Å²) >= 11 is 1.45. The Hall–Kier alpha value is -1.17. The number of carboxylic acids is 1.